The topological polar surface area (TPSA) is 41.6 Å². The number of likely N-dealkylation sites (tertiary alicyclic amines) is 1. The molecule has 0 bridgehead atoms. The summed E-state index contributed by atoms with van der Waals surface area (Å²) in [5.41, 5.74) is 0. The van der Waals surface area contributed by atoms with E-state index in [0.717, 1.165) is 31.9 Å². The van der Waals surface area contributed by atoms with E-state index >= 15 is 0 Å². The fourth-order valence-electron chi connectivity index (χ4n) is 2.91. The highest BCUT2D eigenvalue weighted by Crippen LogP contribution is 2.39. The number of carbonyl (C=O) groups excluding carboxylic acids is 1. The van der Waals surface area contributed by atoms with E-state index in [0.29, 0.717) is 12.1 Å². The predicted molar refractivity (Wildman–Crippen MR) is 60.0 cm³/mol. The molecule has 3 unspecified atom stereocenters. The first-order chi connectivity index (χ1) is 7.75. The second-order valence-electron chi connectivity index (χ2n) is 5.34. The fourth-order valence-corrected chi connectivity index (χ4v) is 2.91. The Hall–Kier alpha value is -0.610. The van der Waals surface area contributed by atoms with E-state index in [2.05, 4.69) is 5.32 Å². The van der Waals surface area contributed by atoms with Crippen molar-refractivity contribution in [3.05, 3.63) is 0 Å². The van der Waals surface area contributed by atoms with Crippen LogP contribution in [-0.2, 0) is 9.53 Å². The van der Waals surface area contributed by atoms with Crippen LogP contribution < -0.4 is 5.32 Å². The summed E-state index contributed by atoms with van der Waals surface area (Å²) >= 11 is 0. The van der Waals surface area contributed by atoms with Crippen LogP contribution in [0.2, 0.25) is 0 Å². The van der Waals surface area contributed by atoms with Crippen molar-refractivity contribution < 1.29 is 9.53 Å². The number of hydrogen-bond donors (Lipinski definition) is 1. The van der Waals surface area contributed by atoms with Gasteiger partial charge in [-0.15, -0.1) is 0 Å². The van der Waals surface area contributed by atoms with E-state index < -0.39 is 0 Å². The Balaban J connectivity index is 1.59. The van der Waals surface area contributed by atoms with Gasteiger partial charge in [0.1, 0.15) is 0 Å². The minimum Gasteiger partial charge on any atom is -0.376 e. The first kappa shape index (κ1) is 10.5. The van der Waals surface area contributed by atoms with Crippen molar-refractivity contribution in [1.29, 1.82) is 0 Å². The number of amides is 1. The van der Waals surface area contributed by atoms with Gasteiger partial charge in [-0.05, 0) is 31.6 Å². The molecule has 16 heavy (non-hydrogen) atoms. The summed E-state index contributed by atoms with van der Waals surface area (Å²) in [6.45, 7) is 1.74. The molecule has 3 fully saturated rings. The highest BCUT2D eigenvalue weighted by Gasteiger charge is 2.42. The van der Waals surface area contributed by atoms with E-state index in [1.165, 1.54) is 12.8 Å². The number of nitrogens with zero attached hydrogens (tertiary/aromatic N) is 1. The van der Waals surface area contributed by atoms with Crippen LogP contribution in [-0.4, -0.2) is 49.2 Å². The Morgan fingerprint density at radius 1 is 1.31 bits per heavy atom. The third-order valence-electron chi connectivity index (χ3n) is 4.07. The molecule has 0 spiro atoms. The van der Waals surface area contributed by atoms with Crippen LogP contribution in [0.3, 0.4) is 0 Å². The number of hydrogen-bond acceptors (Lipinski definition) is 3. The van der Waals surface area contributed by atoms with Crippen molar-refractivity contribution in [2.24, 2.45) is 5.92 Å². The lowest BCUT2D eigenvalue weighted by Gasteiger charge is -2.22. The summed E-state index contributed by atoms with van der Waals surface area (Å²) in [6.07, 6.45) is 5.00. The standard InChI is InChI=1S/C12H20N2O2/c1-14-6-4-10(12(14)15)13-9-5-7-16-11(9)8-2-3-8/h8-11,13H,2-7H2,1H3. The zero-order chi connectivity index (χ0) is 11.1. The predicted octanol–water partition coefficient (Wildman–Crippen LogP) is 0.374. The minimum absolute atomic E-state index is 0.0398. The summed E-state index contributed by atoms with van der Waals surface area (Å²) in [6, 6.07) is 0.450. The monoisotopic (exact) mass is 224 g/mol. The molecule has 1 N–H and O–H groups in total. The molecule has 3 aliphatic rings. The SMILES string of the molecule is CN1CCC(NC2CCOC2C2CC2)C1=O. The fraction of sp³-hybridized carbons (Fsp3) is 0.917. The maximum atomic E-state index is 11.8. The molecule has 3 rings (SSSR count). The first-order valence-corrected chi connectivity index (χ1v) is 6.38. The quantitative estimate of drug-likeness (QED) is 0.753. The highest BCUT2D eigenvalue weighted by atomic mass is 16.5. The van der Waals surface area contributed by atoms with Crippen LogP contribution in [0.25, 0.3) is 0 Å². The molecule has 4 heteroatoms. The maximum absolute atomic E-state index is 11.8. The minimum atomic E-state index is 0.0398. The summed E-state index contributed by atoms with van der Waals surface area (Å²) in [5, 5.41) is 3.51. The van der Waals surface area contributed by atoms with Gasteiger partial charge in [0.15, 0.2) is 0 Å². The molecule has 1 amide bonds. The van der Waals surface area contributed by atoms with Crippen LogP contribution in [0.1, 0.15) is 25.7 Å². The van der Waals surface area contributed by atoms with Crippen LogP contribution in [0.4, 0.5) is 0 Å². The second-order valence-corrected chi connectivity index (χ2v) is 5.34. The number of carbonyl (C=O) groups is 1. The van der Waals surface area contributed by atoms with Gasteiger partial charge in [0, 0.05) is 26.2 Å². The summed E-state index contributed by atoms with van der Waals surface area (Å²) in [5.74, 6) is 1.01. The Kier molecular flexibility index (Phi) is 2.64. The molecule has 2 aliphatic heterocycles. The largest absolute Gasteiger partial charge is 0.376 e. The van der Waals surface area contributed by atoms with Gasteiger partial charge in [-0.2, -0.15) is 0 Å². The average molecular weight is 224 g/mol. The van der Waals surface area contributed by atoms with Crippen LogP contribution >= 0.6 is 0 Å². The molecule has 4 nitrogen and oxygen atoms in total. The summed E-state index contributed by atoms with van der Waals surface area (Å²) < 4.78 is 5.77. The van der Waals surface area contributed by atoms with Crippen molar-refractivity contribution in [2.75, 3.05) is 20.2 Å². The molecule has 3 atom stereocenters. The highest BCUT2D eigenvalue weighted by molar-refractivity contribution is 5.83. The van der Waals surface area contributed by atoms with Crippen LogP contribution in [0.15, 0.2) is 0 Å². The Morgan fingerprint density at radius 2 is 2.12 bits per heavy atom. The van der Waals surface area contributed by atoms with E-state index in [-0.39, 0.29) is 11.9 Å². The number of nitrogens with one attached hydrogen (secondary N) is 1. The van der Waals surface area contributed by atoms with Gasteiger partial charge >= 0.3 is 0 Å². The first-order valence-electron chi connectivity index (χ1n) is 6.38. The number of rotatable bonds is 3. The average Bonchev–Trinajstić information content (AvgIpc) is 2.95. The molecular weight excluding hydrogens is 204 g/mol. The third kappa shape index (κ3) is 1.84. The van der Waals surface area contributed by atoms with Gasteiger partial charge in [-0.3, -0.25) is 4.79 Å². The maximum Gasteiger partial charge on any atom is 0.239 e. The van der Waals surface area contributed by atoms with Crippen molar-refractivity contribution in [1.82, 2.24) is 10.2 Å². The molecule has 0 radical (unpaired) electrons. The lowest BCUT2D eigenvalue weighted by molar-refractivity contribution is -0.128. The number of likely N-dealkylation sites (N-methyl/N-ethyl adjacent to an activating group) is 1. The zero-order valence-corrected chi connectivity index (χ0v) is 9.82. The van der Waals surface area contributed by atoms with Crippen molar-refractivity contribution in [2.45, 2.75) is 43.9 Å². The van der Waals surface area contributed by atoms with E-state index in [1.807, 2.05) is 11.9 Å². The van der Waals surface area contributed by atoms with Crippen molar-refractivity contribution in [3.8, 4) is 0 Å². The molecule has 0 aromatic carbocycles. The van der Waals surface area contributed by atoms with E-state index in [1.54, 1.807) is 0 Å². The molecule has 0 aromatic heterocycles. The lowest BCUT2D eigenvalue weighted by atomic mass is 10.0. The third-order valence-corrected chi connectivity index (χ3v) is 4.07. The van der Waals surface area contributed by atoms with Gasteiger partial charge in [-0.25, -0.2) is 0 Å². The van der Waals surface area contributed by atoms with Gasteiger partial charge < -0.3 is 15.0 Å². The molecule has 2 saturated heterocycles. The van der Waals surface area contributed by atoms with Crippen LogP contribution in [0, 0.1) is 5.92 Å². The normalized spacial score (nSPS) is 39.7. The molecule has 1 aliphatic carbocycles. The lowest BCUT2D eigenvalue weighted by Crippen LogP contribution is -2.47. The Bertz CT molecular complexity index is 291. The van der Waals surface area contributed by atoms with Gasteiger partial charge in [0.25, 0.3) is 0 Å². The zero-order valence-electron chi connectivity index (χ0n) is 9.82. The summed E-state index contributed by atoms with van der Waals surface area (Å²) in [7, 11) is 1.88. The summed E-state index contributed by atoms with van der Waals surface area (Å²) in [4.78, 5) is 13.6. The van der Waals surface area contributed by atoms with Crippen molar-refractivity contribution >= 4 is 5.91 Å². The second kappa shape index (κ2) is 4.00. The van der Waals surface area contributed by atoms with E-state index in [4.69, 9.17) is 4.74 Å². The Labute approximate surface area is 96.3 Å². The molecule has 90 valence electrons. The number of ether oxygens (including phenoxy) is 1. The molecule has 2 heterocycles. The van der Waals surface area contributed by atoms with Gasteiger partial charge in [0.05, 0.1) is 12.1 Å². The molecule has 1 saturated carbocycles. The van der Waals surface area contributed by atoms with Gasteiger partial charge in [0.2, 0.25) is 5.91 Å². The van der Waals surface area contributed by atoms with E-state index in [9.17, 15) is 4.79 Å². The molecular formula is C12H20N2O2. The molecule has 0 aromatic rings. The van der Waals surface area contributed by atoms with Gasteiger partial charge in [-0.1, -0.05) is 0 Å². The van der Waals surface area contributed by atoms with Crippen LogP contribution in [0.5, 0.6) is 0 Å². The van der Waals surface area contributed by atoms with Crippen molar-refractivity contribution in [3.63, 3.8) is 0 Å². The Morgan fingerprint density at radius 3 is 2.75 bits per heavy atom. The smallest absolute Gasteiger partial charge is 0.239 e.